The quantitative estimate of drug-likeness (QED) is 0.837. The molecule has 0 saturated carbocycles. The lowest BCUT2D eigenvalue weighted by atomic mass is 10.1. The van der Waals surface area contributed by atoms with E-state index in [0.29, 0.717) is 26.2 Å². The maximum Gasteiger partial charge on any atom is 0.256 e. The molecular formula is C15H20FN3O2. The van der Waals surface area contributed by atoms with E-state index in [1.165, 1.54) is 18.2 Å². The average Bonchev–Trinajstić information content (AvgIpc) is 2.48. The number of hydrogen-bond acceptors (Lipinski definition) is 3. The van der Waals surface area contributed by atoms with Crippen LogP contribution in [0, 0.1) is 11.7 Å². The predicted molar refractivity (Wildman–Crippen MR) is 78.1 cm³/mol. The number of nitrogens with two attached hydrogens (primary N) is 1. The lowest BCUT2D eigenvalue weighted by molar-refractivity contribution is -0.135. The van der Waals surface area contributed by atoms with E-state index in [9.17, 15) is 14.0 Å². The van der Waals surface area contributed by atoms with Crippen molar-refractivity contribution < 1.29 is 14.0 Å². The number of piperazine rings is 1. The number of carbonyl (C=O) groups excluding carboxylic acids is 2. The smallest absolute Gasteiger partial charge is 0.256 e. The molecule has 0 atom stereocenters. The van der Waals surface area contributed by atoms with E-state index in [1.54, 1.807) is 9.80 Å². The van der Waals surface area contributed by atoms with Gasteiger partial charge in [0, 0.05) is 32.1 Å². The summed E-state index contributed by atoms with van der Waals surface area (Å²) in [4.78, 5) is 27.6. The molecular weight excluding hydrogens is 273 g/mol. The van der Waals surface area contributed by atoms with E-state index in [4.69, 9.17) is 5.73 Å². The predicted octanol–water partition coefficient (Wildman–Crippen LogP) is 1.35. The number of carbonyl (C=O) groups is 2. The zero-order valence-electron chi connectivity index (χ0n) is 12.3. The second-order valence-electron chi connectivity index (χ2n) is 5.47. The van der Waals surface area contributed by atoms with Gasteiger partial charge in [0.1, 0.15) is 5.82 Å². The molecule has 5 nitrogen and oxygen atoms in total. The van der Waals surface area contributed by atoms with Crippen LogP contribution in [0.2, 0.25) is 0 Å². The van der Waals surface area contributed by atoms with Gasteiger partial charge in [-0.25, -0.2) is 4.39 Å². The first-order valence-electron chi connectivity index (χ1n) is 7.04. The topological polar surface area (TPSA) is 66.6 Å². The van der Waals surface area contributed by atoms with Crippen molar-refractivity contribution in [3.05, 3.63) is 29.6 Å². The van der Waals surface area contributed by atoms with Crippen LogP contribution in [-0.2, 0) is 4.79 Å². The standard InChI is InChI=1S/C15H20FN3O2/c1-10(2)14(20)18-6-8-19(9-7-18)15(21)11-4-3-5-12(16)13(11)17/h3-5,10H,6-9,17H2,1-2H3. The Labute approximate surface area is 123 Å². The van der Waals surface area contributed by atoms with Crippen LogP contribution in [0.25, 0.3) is 0 Å². The fourth-order valence-electron chi connectivity index (χ4n) is 2.39. The Hall–Kier alpha value is -2.11. The number of hydrogen-bond donors (Lipinski definition) is 1. The van der Waals surface area contributed by atoms with E-state index in [-0.39, 0.29) is 29.0 Å². The number of anilines is 1. The first-order chi connectivity index (χ1) is 9.91. The molecule has 0 spiro atoms. The zero-order chi connectivity index (χ0) is 15.6. The highest BCUT2D eigenvalue weighted by molar-refractivity contribution is 5.99. The van der Waals surface area contributed by atoms with Gasteiger partial charge in [-0.05, 0) is 12.1 Å². The Morgan fingerprint density at radius 3 is 2.29 bits per heavy atom. The van der Waals surface area contributed by atoms with Crippen molar-refractivity contribution in [3.8, 4) is 0 Å². The lowest BCUT2D eigenvalue weighted by Crippen LogP contribution is -2.51. The molecule has 1 aliphatic rings. The van der Waals surface area contributed by atoms with Gasteiger partial charge in [0.05, 0.1) is 11.3 Å². The third kappa shape index (κ3) is 3.15. The van der Waals surface area contributed by atoms with Gasteiger partial charge >= 0.3 is 0 Å². The van der Waals surface area contributed by atoms with Crippen molar-refractivity contribution in [1.82, 2.24) is 9.80 Å². The van der Waals surface area contributed by atoms with Crippen molar-refractivity contribution in [2.75, 3.05) is 31.9 Å². The molecule has 0 radical (unpaired) electrons. The molecule has 0 bridgehead atoms. The van der Waals surface area contributed by atoms with E-state index >= 15 is 0 Å². The Kier molecular flexibility index (Phi) is 4.45. The first kappa shape index (κ1) is 15.3. The van der Waals surface area contributed by atoms with Gasteiger partial charge in [0.15, 0.2) is 0 Å². The van der Waals surface area contributed by atoms with Gasteiger partial charge in [-0.3, -0.25) is 9.59 Å². The van der Waals surface area contributed by atoms with Crippen LogP contribution in [0.5, 0.6) is 0 Å². The maximum absolute atomic E-state index is 13.4. The van der Waals surface area contributed by atoms with E-state index < -0.39 is 5.82 Å². The summed E-state index contributed by atoms with van der Waals surface area (Å²) in [6.07, 6.45) is 0. The SMILES string of the molecule is CC(C)C(=O)N1CCN(C(=O)c2cccc(F)c2N)CC1. The van der Waals surface area contributed by atoms with E-state index in [1.807, 2.05) is 13.8 Å². The molecule has 0 aromatic heterocycles. The Balaban J connectivity index is 2.04. The molecule has 0 aliphatic carbocycles. The van der Waals surface area contributed by atoms with Gasteiger partial charge in [0.2, 0.25) is 5.91 Å². The minimum absolute atomic E-state index is 0.0499. The lowest BCUT2D eigenvalue weighted by Gasteiger charge is -2.35. The summed E-state index contributed by atoms with van der Waals surface area (Å²) in [6, 6.07) is 4.22. The number of nitrogen functional groups attached to an aromatic ring is 1. The fraction of sp³-hybridized carbons (Fsp3) is 0.467. The molecule has 6 heteroatoms. The number of halogens is 1. The highest BCUT2D eigenvalue weighted by atomic mass is 19.1. The number of rotatable bonds is 2. The van der Waals surface area contributed by atoms with Crippen molar-refractivity contribution in [2.24, 2.45) is 5.92 Å². The molecule has 21 heavy (non-hydrogen) atoms. The second-order valence-corrected chi connectivity index (χ2v) is 5.47. The van der Waals surface area contributed by atoms with Gasteiger partial charge in [-0.1, -0.05) is 19.9 Å². The molecule has 1 aliphatic heterocycles. The third-order valence-corrected chi connectivity index (χ3v) is 3.66. The molecule has 1 heterocycles. The zero-order valence-corrected chi connectivity index (χ0v) is 12.3. The summed E-state index contributed by atoms with van der Waals surface area (Å²) in [7, 11) is 0. The van der Waals surface area contributed by atoms with E-state index in [2.05, 4.69) is 0 Å². The molecule has 2 amide bonds. The Morgan fingerprint density at radius 1 is 1.14 bits per heavy atom. The van der Waals surface area contributed by atoms with Crippen molar-refractivity contribution in [3.63, 3.8) is 0 Å². The highest BCUT2D eigenvalue weighted by Crippen LogP contribution is 2.19. The minimum Gasteiger partial charge on any atom is -0.396 e. The summed E-state index contributed by atoms with van der Waals surface area (Å²) in [5.74, 6) is -0.836. The van der Waals surface area contributed by atoms with E-state index in [0.717, 1.165) is 0 Å². The van der Waals surface area contributed by atoms with Crippen LogP contribution in [0.4, 0.5) is 10.1 Å². The highest BCUT2D eigenvalue weighted by Gasteiger charge is 2.27. The van der Waals surface area contributed by atoms with Crippen LogP contribution in [0.3, 0.4) is 0 Å². The largest absolute Gasteiger partial charge is 0.396 e. The molecule has 114 valence electrons. The first-order valence-corrected chi connectivity index (χ1v) is 7.04. The maximum atomic E-state index is 13.4. The van der Waals surface area contributed by atoms with Crippen molar-refractivity contribution >= 4 is 17.5 Å². The number of nitrogens with zero attached hydrogens (tertiary/aromatic N) is 2. The van der Waals surface area contributed by atoms with Crippen LogP contribution >= 0.6 is 0 Å². The van der Waals surface area contributed by atoms with Crippen LogP contribution < -0.4 is 5.73 Å². The summed E-state index contributed by atoms with van der Waals surface area (Å²) in [5, 5.41) is 0. The molecule has 1 aromatic rings. The normalized spacial score (nSPS) is 15.4. The van der Waals surface area contributed by atoms with Gasteiger partial charge in [0.25, 0.3) is 5.91 Å². The average molecular weight is 293 g/mol. The molecule has 2 rings (SSSR count). The molecule has 1 saturated heterocycles. The summed E-state index contributed by atoms with van der Waals surface area (Å²) in [5.41, 5.74) is 5.68. The Morgan fingerprint density at radius 2 is 1.71 bits per heavy atom. The fourth-order valence-corrected chi connectivity index (χ4v) is 2.39. The van der Waals surface area contributed by atoms with Gasteiger partial charge in [-0.2, -0.15) is 0 Å². The van der Waals surface area contributed by atoms with Gasteiger partial charge in [-0.15, -0.1) is 0 Å². The molecule has 1 fully saturated rings. The molecule has 1 aromatic carbocycles. The number of amides is 2. The number of benzene rings is 1. The third-order valence-electron chi connectivity index (χ3n) is 3.66. The molecule has 0 unspecified atom stereocenters. The minimum atomic E-state index is -0.588. The molecule has 2 N–H and O–H groups in total. The Bertz CT molecular complexity index is 552. The van der Waals surface area contributed by atoms with Crippen molar-refractivity contribution in [2.45, 2.75) is 13.8 Å². The van der Waals surface area contributed by atoms with Crippen LogP contribution in [-0.4, -0.2) is 47.8 Å². The van der Waals surface area contributed by atoms with Gasteiger partial charge < -0.3 is 15.5 Å². The van der Waals surface area contributed by atoms with Crippen LogP contribution in [0.1, 0.15) is 24.2 Å². The van der Waals surface area contributed by atoms with Crippen molar-refractivity contribution in [1.29, 1.82) is 0 Å². The number of para-hydroxylation sites is 1. The summed E-state index contributed by atoms with van der Waals surface area (Å²) in [6.45, 7) is 5.58. The van der Waals surface area contributed by atoms with Crippen LogP contribution in [0.15, 0.2) is 18.2 Å². The summed E-state index contributed by atoms with van der Waals surface area (Å²) >= 11 is 0. The second kappa shape index (κ2) is 6.11. The summed E-state index contributed by atoms with van der Waals surface area (Å²) < 4.78 is 13.4. The monoisotopic (exact) mass is 293 g/mol.